The Bertz CT molecular complexity index is 1280. The minimum atomic E-state index is -0.253. The standard InChI is InChI=1S/C26H24FN3OS/c27-21-13-16(17-12-19(15-31)28-14-17)6-7-20(21)24-29-22-8-9-23(30-25(22)32-24)26(10-11-26)18-4-2-1-3-5-18/h1-9,13,17,19,28,31H,10-12,14-15H2/t17?,19-/m0/s1. The van der Waals surface area contributed by atoms with Crippen molar-refractivity contribution >= 4 is 21.7 Å². The zero-order valence-electron chi connectivity index (χ0n) is 17.6. The molecule has 1 saturated carbocycles. The van der Waals surface area contributed by atoms with Gasteiger partial charge in [-0.25, -0.2) is 14.4 Å². The summed E-state index contributed by atoms with van der Waals surface area (Å²) >= 11 is 1.45. The molecule has 0 bridgehead atoms. The second-order valence-electron chi connectivity index (χ2n) is 8.95. The number of hydrogen-bond donors (Lipinski definition) is 2. The Morgan fingerprint density at radius 1 is 1.06 bits per heavy atom. The highest BCUT2D eigenvalue weighted by atomic mass is 32.1. The number of aliphatic hydroxyl groups is 1. The molecule has 2 aromatic heterocycles. The second kappa shape index (κ2) is 7.73. The molecule has 0 amide bonds. The van der Waals surface area contributed by atoms with Crippen LogP contribution >= 0.6 is 11.3 Å². The lowest BCUT2D eigenvalue weighted by atomic mass is 9.92. The Labute approximate surface area is 190 Å². The van der Waals surface area contributed by atoms with E-state index in [0.717, 1.165) is 47.4 Å². The van der Waals surface area contributed by atoms with Crippen LogP contribution in [0, 0.1) is 5.82 Å². The number of pyridine rings is 1. The predicted octanol–water partition coefficient (Wildman–Crippen LogP) is 5.02. The molecule has 2 N–H and O–H groups in total. The van der Waals surface area contributed by atoms with Gasteiger partial charge in [0.2, 0.25) is 0 Å². The maximum absolute atomic E-state index is 15.1. The van der Waals surface area contributed by atoms with Gasteiger partial charge in [0.15, 0.2) is 0 Å². The molecule has 2 aromatic carbocycles. The van der Waals surface area contributed by atoms with Crippen molar-refractivity contribution in [1.82, 2.24) is 15.3 Å². The summed E-state index contributed by atoms with van der Waals surface area (Å²) < 4.78 is 15.1. The van der Waals surface area contributed by atoms with E-state index < -0.39 is 0 Å². The first-order valence-electron chi connectivity index (χ1n) is 11.1. The van der Waals surface area contributed by atoms with Crippen molar-refractivity contribution in [3.8, 4) is 10.6 Å². The fourth-order valence-electron chi connectivity index (χ4n) is 4.94. The molecular formula is C26H24FN3OS. The third-order valence-corrected chi connectivity index (χ3v) is 7.96. The van der Waals surface area contributed by atoms with Crippen molar-refractivity contribution in [2.24, 2.45) is 0 Å². The van der Waals surface area contributed by atoms with Crippen LogP contribution in [0.3, 0.4) is 0 Å². The van der Waals surface area contributed by atoms with Gasteiger partial charge in [-0.3, -0.25) is 0 Å². The molecule has 6 heteroatoms. The average molecular weight is 446 g/mol. The van der Waals surface area contributed by atoms with E-state index in [-0.39, 0.29) is 29.8 Å². The topological polar surface area (TPSA) is 58.0 Å². The van der Waals surface area contributed by atoms with Crippen molar-refractivity contribution in [1.29, 1.82) is 0 Å². The molecule has 2 atom stereocenters. The van der Waals surface area contributed by atoms with Crippen LogP contribution in [0.4, 0.5) is 4.39 Å². The number of benzene rings is 2. The second-order valence-corrected chi connectivity index (χ2v) is 9.93. The fourth-order valence-corrected chi connectivity index (χ4v) is 5.91. The van der Waals surface area contributed by atoms with Gasteiger partial charge in [-0.1, -0.05) is 47.7 Å². The first-order chi connectivity index (χ1) is 15.7. The Kier molecular flexibility index (Phi) is 4.82. The lowest BCUT2D eigenvalue weighted by molar-refractivity contribution is 0.254. The van der Waals surface area contributed by atoms with Crippen LogP contribution in [0.15, 0.2) is 60.7 Å². The summed E-state index contributed by atoms with van der Waals surface area (Å²) in [6.07, 6.45) is 3.03. The van der Waals surface area contributed by atoms with Gasteiger partial charge in [0.1, 0.15) is 21.2 Å². The highest BCUT2D eigenvalue weighted by Crippen LogP contribution is 2.53. The Morgan fingerprint density at radius 2 is 1.91 bits per heavy atom. The number of nitrogens with zero attached hydrogens (tertiary/aromatic N) is 2. The molecule has 0 spiro atoms. The van der Waals surface area contributed by atoms with E-state index in [4.69, 9.17) is 4.98 Å². The third kappa shape index (κ3) is 3.34. The fraction of sp³-hybridized carbons (Fsp3) is 0.308. The van der Waals surface area contributed by atoms with Crippen LogP contribution in [0.25, 0.3) is 20.9 Å². The number of thiazole rings is 1. The molecule has 6 rings (SSSR count). The minimum absolute atomic E-state index is 0.00818. The predicted molar refractivity (Wildman–Crippen MR) is 125 cm³/mol. The molecule has 1 aliphatic heterocycles. The van der Waals surface area contributed by atoms with E-state index in [1.54, 1.807) is 6.07 Å². The Hall–Kier alpha value is -2.67. The highest BCUT2D eigenvalue weighted by molar-refractivity contribution is 7.21. The lowest BCUT2D eigenvalue weighted by Gasteiger charge is -2.14. The smallest absolute Gasteiger partial charge is 0.144 e. The summed E-state index contributed by atoms with van der Waals surface area (Å²) in [6, 6.07) is 20.2. The van der Waals surface area contributed by atoms with E-state index in [1.165, 1.54) is 16.9 Å². The van der Waals surface area contributed by atoms with Crippen molar-refractivity contribution < 1.29 is 9.50 Å². The number of aliphatic hydroxyl groups excluding tert-OH is 1. The minimum Gasteiger partial charge on any atom is -0.395 e. The van der Waals surface area contributed by atoms with Crippen molar-refractivity contribution in [3.63, 3.8) is 0 Å². The molecule has 1 unspecified atom stereocenters. The molecule has 3 heterocycles. The Morgan fingerprint density at radius 3 is 2.62 bits per heavy atom. The molecule has 4 aromatic rings. The van der Waals surface area contributed by atoms with Crippen LogP contribution < -0.4 is 5.32 Å². The average Bonchev–Trinajstić information content (AvgIpc) is 3.30. The maximum Gasteiger partial charge on any atom is 0.144 e. The summed E-state index contributed by atoms with van der Waals surface area (Å²) in [5.74, 6) is -0.0276. The van der Waals surface area contributed by atoms with Crippen molar-refractivity contribution in [3.05, 3.63) is 83.3 Å². The van der Waals surface area contributed by atoms with Gasteiger partial charge in [-0.05, 0) is 60.6 Å². The molecule has 1 saturated heterocycles. The third-order valence-electron chi connectivity index (χ3n) is 6.96. The summed E-state index contributed by atoms with van der Waals surface area (Å²) in [5, 5.41) is 13.3. The first kappa shape index (κ1) is 20.0. The quantitative estimate of drug-likeness (QED) is 0.453. The van der Waals surface area contributed by atoms with Gasteiger partial charge >= 0.3 is 0 Å². The van der Waals surface area contributed by atoms with E-state index in [1.807, 2.05) is 24.3 Å². The van der Waals surface area contributed by atoms with Gasteiger partial charge in [0, 0.05) is 23.6 Å². The number of aromatic nitrogens is 2. The molecular weight excluding hydrogens is 421 g/mol. The molecule has 4 nitrogen and oxygen atoms in total. The van der Waals surface area contributed by atoms with Crippen molar-refractivity contribution in [2.45, 2.75) is 36.6 Å². The van der Waals surface area contributed by atoms with Crippen molar-refractivity contribution in [2.75, 3.05) is 13.2 Å². The molecule has 162 valence electrons. The van der Waals surface area contributed by atoms with Crippen LogP contribution in [-0.4, -0.2) is 34.3 Å². The van der Waals surface area contributed by atoms with Crippen LogP contribution in [0.5, 0.6) is 0 Å². The SMILES string of the molecule is OC[C@@H]1CC(c2ccc(-c3nc4ccc(C5(c6ccccc6)CC5)nc4s3)c(F)c2)CN1. The number of nitrogens with one attached hydrogen (secondary N) is 1. The number of halogens is 1. The first-order valence-corrected chi connectivity index (χ1v) is 12.0. The normalized spacial score (nSPS) is 21.8. The molecule has 1 aliphatic carbocycles. The van der Waals surface area contributed by atoms with E-state index >= 15 is 4.39 Å². The zero-order valence-corrected chi connectivity index (χ0v) is 18.4. The maximum atomic E-state index is 15.1. The molecule has 32 heavy (non-hydrogen) atoms. The number of fused-ring (bicyclic) bond motifs is 1. The van der Waals surface area contributed by atoms with Gasteiger partial charge in [0.25, 0.3) is 0 Å². The summed E-state index contributed by atoms with van der Waals surface area (Å²) in [7, 11) is 0. The number of hydrogen-bond acceptors (Lipinski definition) is 5. The van der Waals surface area contributed by atoms with Gasteiger partial charge in [-0.2, -0.15) is 0 Å². The monoisotopic (exact) mass is 445 g/mol. The summed E-state index contributed by atoms with van der Waals surface area (Å²) in [6.45, 7) is 0.879. The summed E-state index contributed by atoms with van der Waals surface area (Å²) in [4.78, 5) is 10.5. The molecule has 2 fully saturated rings. The van der Waals surface area contributed by atoms with E-state index in [2.05, 4.69) is 40.6 Å². The van der Waals surface area contributed by atoms with Gasteiger partial charge in [-0.15, -0.1) is 0 Å². The van der Waals surface area contributed by atoms with Crippen LogP contribution in [0.1, 0.15) is 42.0 Å². The Balaban J connectivity index is 1.31. The number of rotatable bonds is 5. The van der Waals surface area contributed by atoms with Crippen LogP contribution in [-0.2, 0) is 5.41 Å². The van der Waals surface area contributed by atoms with Gasteiger partial charge in [0.05, 0.1) is 12.3 Å². The molecule has 2 aliphatic rings. The highest BCUT2D eigenvalue weighted by Gasteiger charge is 2.47. The summed E-state index contributed by atoms with van der Waals surface area (Å²) in [5.41, 5.74) is 4.69. The lowest BCUT2D eigenvalue weighted by Crippen LogP contribution is -2.24. The molecule has 0 radical (unpaired) electrons. The van der Waals surface area contributed by atoms with Gasteiger partial charge < -0.3 is 10.4 Å². The van der Waals surface area contributed by atoms with Crippen LogP contribution in [0.2, 0.25) is 0 Å². The largest absolute Gasteiger partial charge is 0.395 e. The van der Waals surface area contributed by atoms with E-state index in [9.17, 15) is 5.11 Å². The van der Waals surface area contributed by atoms with E-state index in [0.29, 0.717) is 10.6 Å². The zero-order chi connectivity index (χ0) is 21.7.